The second kappa shape index (κ2) is 6.17. The van der Waals surface area contributed by atoms with Gasteiger partial charge < -0.3 is 10.0 Å². The molecule has 2 aliphatic rings. The molecule has 8 heteroatoms. The molecule has 1 atom stereocenters. The number of carboxylic acids is 1. The van der Waals surface area contributed by atoms with Gasteiger partial charge in [0.2, 0.25) is 15.9 Å². The van der Waals surface area contributed by atoms with Gasteiger partial charge in [0.15, 0.2) is 0 Å². The van der Waals surface area contributed by atoms with Gasteiger partial charge in [0.05, 0.1) is 11.3 Å². The van der Waals surface area contributed by atoms with E-state index in [1.54, 1.807) is 25.2 Å². The van der Waals surface area contributed by atoms with Crippen LogP contribution < -0.4 is 4.90 Å². The number of aliphatic carboxylic acids is 1. The van der Waals surface area contributed by atoms with Crippen molar-refractivity contribution in [3.63, 3.8) is 0 Å². The first-order chi connectivity index (χ1) is 12.8. The molecule has 2 aromatic carbocycles. The number of carbonyl (C=O) groups is 2. The Kier molecular flexibility index (Phi) is 4.05. The highest BCUT2D eigenvalue weighted by molar-refractivity contribution is 7.89. The van der Waals surface area contributed by atoms with Gasteiger partial charge in [-0.25, -0.2) is 8.42 Å². The number of likely N-dealkylation sites (N-methyl/N-ethyl adjacent to an activating group) is 1. The van der Waals surface area contributed by atoms with E-state index >= 15 is 0 Å². The summed E-state index contributed by atoms with van der Waals surface area (Å²) in [5.41, 5.74) is 2.65. The highest BCUT2D eigenvalue weighted by Gasteiger charge is 2.41. The van der Waals surface area contributed by atoms with E-state index in [1.165, 1.54) is 17.0 Å². The van der Waals surface area contributed by atoms with E-state index in [4.69, 9.17) is 0 Å². The molecular formula is C19H18N2O5S. The molecular weight excluding hydrogens is 368 g/mol. The molecule has 7 nitrogen and oxygen atoms in total. The summed E-state index contributed by atoms with van der Waals surface area (Å²) in [7, 11) is -2.39. The summed E-state index contributed by atoms with van der Waals surface area (Å²) in [6, 6.07) is 10.3. The van der Waals surface area contributed by atoms with E-state index in [1.807, 2.05) is 12.1 Å². The minimum absolute atomic E-state index is 0.00924. The minimum Gasteiger partial charge on any atom is -0.480 e. The third kappa shape index (κ3) is 2.72. The molecule has 0 aromatic heterocycles. The number of carbonyl (C=O) groups excluding carboxylic acids is 1. The van der Waals surface area contributed by atoms with Gasteiger partial charge in [-0.2, -0.15) is 4.31 Å². The number of fused-ring (bicyclic) bond motifs is 2. The molecule has 0 spiro atoms. The van der Waals surface area contributed by atoms with Gasteiger partial charge in [-0.05, 0) is 41.3 Å². The molecule has 2 aliphatic heterocycles. The van der Waals surface area contributed by atoms with E-state index in [2.05, 4.69) is 0 Å². The number of nitrogens with zero attached hydrogens (tertiary/aromatic N) is 2. The highest BCUT2D eigenvalue weighted by Crippen LogP contribution is 2.36. The lowest BCUT2D eigenvalue weighted by Crippen LogP contribution is -2.43. The van der Waals surface area contributed by atoms with Crippen molar-refractivity contribution in [2.45, 2.75) is 23.8 Å². The van der Waals surface area contributed by atoms with E-state index in [0.717, 1.165) is 9.87 Å². The number of benzene rings is 2. The predicted octanol–water partition coefficient (Wildman–Crippen LogP) is 1.58. The molecule has 0 radical (unpaired) electrons. The summed E-state index contributed by atoms with van der Waals surface area (Å²) < 4.78 is 27.5. The van der Waals surface area contributed by atoms with Crippen LogP contribution in [0.15, 0.2) is 47.4 Å². The molecule has 27 heavy (non-hydrogen) atoms. The molecule has 0 aliphatic carbocycles. The van der Waals surface area contributed by atoms with Crippen molar-refractivity contribution in [1.82, 2.24) is 4.31 Å². The molecule has 4 rings (SSSR count). The average molecular weight is 386 g/mol. The Bertz CT molecular complexity index is 1060. The summed E-state index contributed by atoms with van der Waals surface area (Å²) >= 11 is 0. The van der Waals surface area contributed by atoms with Gasteiger partial charge in [0.1, 0.15) is 6.04 Å². The number of rotatable bonds is 3. The quantitative estimate of drug-likeness (QED) is 0.864. The number of anilines is 1. The van der Waals surface area contributed by atoms with Gasteiger partial charge in [0, 0.05) is 19.3 Å². The fraction of sp³-hybridized carbons (Fsp3) is 0.263. The summed E-state index contributed by atoms with van der Waals surface area (Å²) in [5, 5.41) is 9.73. The lowest BCUT2D eigenvalue weighted by molar-refractivity contribution is -0.142. The predicted molar refractivity (Wildman–Crippen MR) is 98.0 cm³/mol. The molecule has 1 unspecified atom stereocenters. The minimum atomic E-state index is -4.03. The fourth-order valence-electron chi connectivity index (χ4n) is 3.80. The zero-order valence-corrected chi connectivity index (χ0v) is 15.4. The molecule has 140 valence electrons. The molecule has 1 amide bonds. The summed E-state index contributed by atoms with van der Waals surface area (Å²) in [4.78, 5) is 25.3. The van der Waals surface area contributed by atoms with Crippen LogP contribution in [0.3, 0.4) is 0 Å². The lowest BCUT2D eigenvalue weighted by Gasteiger charge is -2.33. The van der Waals surface area contributed by atoms with Crippen LogP contribution in [0.1, 0.15) is 22.7 Å². The highest BCUT2D eigenvalue weighted by atomic mass is 32.2. The van der Waals surface area contributed by atoms with Crippen molar-refractivity contribution < 1.29 is 23.1 Å². The van der Waals surface area contributed by atoms with Gasteiger partial charge >= 0.3 is 5.97 Å². The van der Waals surface area contributed by atoms with Gasteiger partial charge in [0.25, 0.3) is 0 Å². The Morgan fingerprint density at radius 3 is 2.63 bits per heavy atom. The fourth-order valence-corrected chi connectivity index (χ4v) is 5.42. The van der Waals surface area contributed by atoms with Gasteiger partial charge in [-0.15, -0.1) is 0 Å². The van der Waals surface area contributed by atoms with Crippen molar-refractivity contribution in [3.8, 4) is 0 Å². The second-order valence-corrected chi connectivity index (χ2v) is 8.62. The van der Waals surface area contributed by atoms with Crippen LogP contribution in [0.2, 0.25) is 0 Å². The maximum absolute atomic E-state index is 13.2. The van der Waals surface area contributed by atoms with Crippen LogP contribution in [-0.4, -0.2) is 43.3 Å². The monoisotopic (exact) mass is 386 g/mol. The van der Waals surface area contributed by atoms with Crippen LogP contribution in [0, 0.1) is 0 Å². The first-order valence-corrected chi connectivity index (χ1v) is 9.96. The number of sulfonamides is 1. The Labute approximate surface area is 156 Å². The Morgan fingerprint density at radius 1 is 1.15 bits per heavy atom. The maximum atomic E-state index is 13.2. The van der Waals surface area contributed by atoms with Gasteiger partial charge in [-0.1, -0.05) is 24.3 Å². The van der Waals surface area contributed by atoms with E-state index in [-0.39, 0.29) is 23.8 Å². The Balaban J connectivity index is 1.78. The second-order valence-electron chi connectivity index (χ2n) is 6.73. The summed E-state index contributed by atoms with van der Waals surface area (Å²) in [6.07, 6.45) is 0.589. The smallest absolute Gasteiger partial charge is 0.326 e. The van der Waals surface area contributed by atoms with Crippen LogP contribution in [0.25, 0.3) is 0 Å². The average Bonchev–Trinajstić information content (AvgIpc) is 2.94. The van der Waals surface area contributed by atoms with E-state index in [9.17, 15) is 23.1 Å². The Morgan fingerprint density at radius 2 is 1.89 bits per heavy atom. The zero-order valence-electron chi connectivity index (χ0n) is 14.6. The van der Waals surface area contributed by atoms with E-state index in [0.29, 0.717) is 23.2 Å². The van der Waals surface area contributed by atoms with Crippen LogP contribution in [-0.2, 0) is 32.5 Å². The number of carboxylic acid groups (broad SMARTS) is 1. The third-order valence-electron chi connectivity index (χ3n) is 5.21. The molecule has 0 saturated heterocycles. The normalized spacial score (nSPS) is 19.7. The topological polar surface area (TPSA) is 95.0 Å². The van der Waals surface area contributed by atoms with Crippen molar-refractivity contribution >= 4 is 27.6 Å². The molecule has 0 bridgehead atoms. The van der Waals surface area contributed by atoms with Crippen molar-refractivity contribution in [3.05, 3.63) is 59.2 Å². The van der Waals surface area contributed by atoms with Crippen molar-refractivity contribution in [2.75, 3.05) is 18.5 Å². The molecule has 1 N–H and O–H groups in total. The summed E-state index contributed by atoms with van der Waals surface area (Å²) in [5.74, 6) is -1.31. The lowest BCUT2D eigenvalue weighted by atomic mass is 9.94. The van der Waals surface area contributed by atoms with Crippen LogP contribution >= 0.6 is 0 Å². The first kappa shape index (κ1) is 17.7. The number of hydrogen-bond donors (Lipinski definition) is 1. The molecule has 2 heterocycles. The van der Waals surface area contributed by atoms with Crippen molar-refractivity contribution in [1.29, 1.82) is 0 Å². The Hall–Kier alpha value is -2.71. The largest absolute Gasteiger partial charge is 0.480 e. The number of amides is 1. The van der Waals surface area contributed by atoms with Crippen LogP contribution in [0.4, 0.5) is 5.69 Å². The standard InChI is InChI=1S/C19H18N2O5S/c1-20-16-7-6-14(10-13(16)11-17(20)22)27(25,26)21-9-8-12-4-2-3-5-15(12)18(21)19(23)24/h2-7,10,18H,8-9,11H2,1H3,(H,23,24). The zero-order chi connectivity index (χ0) is 19.3. The van der Waals surface area contributed by atoms with Crippen LogP contribution in [0.5, 0.6) is 0 Å². The SMILES string of the molecule is CN1C(=O)Cc2cc(S(=O)(=O)N3CCc4ccccc4C3C(=O)O)ccc21. The van der Waals surface area contributed by atoms with Crippen molar-refractivity contribution in [2.24, 2.45) is 0 Å². The molecule has 2 aromatic rings. The number of hydrogen-bond acceptors (Lipinski definition) is 4. The maximum Gasteiger partial charge on any atom is 0.326 e. The molecule has 0 fully saturated rings. The van der Waals surface area contributed by atoms with Gasteiger partial charge in [-0.3, -0.25) is 9.59 Å². The summed E-state index contributed by atoms with van der Waals surface area (Å²) in [6.45, 7) is 0.0895. The third-order valence-corrected chi connectivity index (χ3v) is 7.07. The van der Waals surface area contributed by atoms with E-state index < -0.39 is 22.0 Å². The first-order valence-electron chi connectivity index (χ1n) is 8.52. The molecule has 0 saturated carbocycles.